The average molecular weight is 418 g/mol. The van der Waals surface area contributed by atoms with Gasteiger partial charge in [0.2, 0.25) is 0 Å². The van der Waals surface area contributed by atoms with Gasteiger partial charge in [-0.25, -0.2) is 0 Å². The molecule has 2 fully saturated rings. The number of amides is 1. The molecule has 1 N–H and O–H groups in total. The van der Waals surface area contributed by atoms with Crippen LogP contribution in [0.25, 0.3) is 0 Å². The number of aryl methyl sites for hydroxylation is 3. The third-order valence-electron chi connectivity index (χ3n) is 6.41. The second kappa shape index (κ2) is 8.76. The van der Waals surface area contributed by atoms with Gasteiger partial charge in [0, 0.05) is 49.3 Å². The van der Waals surface area contributed by atoms with E-state index in [1.165, 1.54) is 31.5 Å². The fraction of sp³-hybridized carbons (Fsp3) is 0.545. The second-order valence-electron chi connectivity index (χ2n) is 8.37. The molecular formula is C22H32ClN5O. The average Bonchev–Trinajstić information content (AvgIpc) is 3.37. The van der Waals surface area contributed by atoms with Gasteiger partial charge in [-0.15, -0.1) is 12.4 Å². The molecule has 7 heteroatoms. The maximum atomic E-state index is 12.5. The van der Waals surface area contributed by atoms with Crippen molar-refractivity contribution in [1.29, 1.82) is 0 Å². The first kappa shape index (κ1) is 21.7. The number of carbonyl (C=O) groups excluding carboxylic acids is 1. The molecule has 2 atom stereocenters. The predicted molar refractivity (Wildman–Crippen MR) is 120 cm³/mol. The van der Waals surface area contributed by atoms with Gasteiger partial charge in [0.25, 0.3) is 5.91 Å². The van der Waals surface area contributed by atoms with Gasteiger partial charge in [0.15, 0.2) is 5.69 Å². The van der Waals surface area contributed by atoms with Crippen LogP contribution in [0.1, 0.15) is 47.9 Å². The minimum atomic E-state index is -0.163. The van der Waals surface area contributed by atoms with Crippen LogP contribution in [0.4, 0.5) is 11.4 Å². The Balaban J connectivity index is 0.00000240. The molecule has 4 rings (SSSR count). The van der Waals surface area contributed by atoms with Gasteiger partial charge in [-0.3, -0.25) is 14.4 Å². The lowest BCUT2D eigenvalue weighted by molar-refractivity contribution is 0.102. The zero-order chi connectivity index (χ0) is 19.8. The minimum Gasteiger partial charge on any atom is -0.370 e. The Morgan fingerprint density at radius 3 is 2.59 bits per heavy atom. The van der Waals surface area contributed by atoms with Gasteiger partial charge in [-0.2, -0.15) is 5.10 Å². The Morgan fingerprint density at radius 2 is 1.97 bits per heavy atom. The van der Waals surface area contributed by atoms with Crippen LogP contribution in [-0.2, 0) is 7.05 Å². The lowest BCUT2D eigenvalue weighted by atomic mass is 10.1. The van der Waals surface area contributed by atoms with Crippen molar-refractivity contribution in [2.75, 3.05) is 29.9 Å². The van der Waals surface area contributed by atoms with Crippen LogP contribution in [-0.4, -0.2) is 52.3 Å². The zero-order valence-electron chi connectivity index (χ0n) is 17.8. The van der Waals surface area contributed by atoms with Crippen LogP contribution >= 0.6 is 12.4 Å². The summed E-state index contributed by atoms with van der Waals surface area (Å²) in [5.41, 5.74) is 4.59. The van der Waals surface area contributed by atoms with Gasteiger partial charge in [-0.05, 0) is 76.4 Å². The topological polar surface area (TPSA) is 53.4 Å². The summed E-state index contributed by atoms with van der Waals surface area (Å²) in [6.07, 6.45) is 3.90. The van der Waals surface area contributed by atoms with Crippen molar-refractivity contribution in [2.24, 2.45) is 7.05 Å². The molecule has 2 aliphatic rings. The molecule has 6 nitrogen and oxygen atoms in total. The number of halogens is 1. The second-order valence-corrected chi connectivity index (χ2v) is 8.37. The first-order valence-corrected chi connectivity index (χ1v) is 10.4. The van der Waals surface area contributed by atoms with Crippen molar-refractivity contribution in [3.63, 3.8) is 0 Å². The first-order valence-electron chi connectivity index (χ1n) is 10.4. The largest absolute Gasteiger partial charge is 0.370 e. The molecular weight excluding hydrogens is 386 g/mol. The highest BCUT2D eigenvalue weighted by atomic mass is 35.5. The zero-order valence-corrected chi connectivity index (χ0v) is 18.6. The van der Waals surface area contributed by atoms with Crippen LogP contribution < -0.4 is 10.2 Å². The number of hydrogen-bond acceptors (Lipinski definition) is 4. The maximum Gasteiger partial charge on any atom is 0.276 e. The van der Waals surface area contributed by atoms with E-state index in [0.717, 1.165) is 36.1 Å². The highest BCUT2D eigenvalue weighted by molar-refractivity contribution is 6.03. The number of hydrogen-bond donors (Lipinski definition) is 1. The SMILES string of the molecule is Cc1cc(N2CC[C@H](N3CCC[C@@H]3C)C2)ccc1NC(=O)c1cc(C)n(C)n1.Cl. The number of benzene rings is 1. The third kappa shape index (κ3) is 4.43. The van der Waals surface area contributed by atoms with Gasteiger partial charge in [0.1, 0.15) is 0 Å². The predicted octanol–water partition coefficient (Wildman–Crippen LogP) is 3.77. The van der Waals surface area contributed by atoms with E-state index >= 15 is 0 Å². The summed E-state index contributed by atoms with van der Waals surface area (Å²) in [5.74, 6) is -0.163. The molecule has 0 bridgehead atoms. The smallest absolute Gasteiger partial charge is 0.276 e. The van der Waals surface area contributed by atoms with E-state index in [1.807, 2.05) is 26.1 Å². The summed E-state index contributed by atoms with van der Waals surface area (Å²) >= 11 is 0. The molecule has 1 aromatic carbocycles. The Morgan fingerprint density at radius 1 is 1.17 bits per heavy atom. The lowest BCUT2D eigenvalue weighted by Gasteiger charge is -2.28. The van der Waals surface area contributed by atoms with E-state index < -0.39 is 0 Å². The number of nitrogens with zero attached hydrogens (tertiary/aromatic N) is 4. The van der Waals surface area contributed by atoms with E-state index in [-0.39, 0.29) is 18.3 Å². The fourth-order valence-corrected chi connectivity index (χ4v) is 4.59. The van der Waals surface area contributed by atoms with E-state index in [9.17, 15) is 4.79 Å². The van der Waals surface area contributed by atoms with Crippen molar-refractivity contribution in [3.05, 3.63) is 41.2 Å². The number of nitrogens with one attached hydrogen (secondary N) is 1. The molecule has 2 saturated heterocycles. The van der Waals surface area contributed by atoms with Crippen molar-refractivity contribution < 1.29 is 4.79 Å². The van der Waals surface area contributed by atoms with E-state index in [1.54, 1.807) is 4.68 Å². The summed E-state index contributed by atoms with van der Waals surface area (Å²) in [5, 5.41) is 7.26. The van der Waals surface area contributed by atoms with Gasteiger partial charge < -0.3 is 10.2 Å². The number of aromatic nitrogens is 2. The molecule has 0 aliphatic carbocycles. The van der Waals surface area contributed by atoms with Crippen LogP contribution in [0, 0.1) is 13.8 Å². The highest BCUT2D eigenvalue weighted by Gasteiger charge is 2.33. The molecule has 3 heterocycles. The molecule has 0 spiro atoms. The number of carbonyl (C=O) groups is 1. The van der Waals surface area contributed by atoms with Crippen LogP contribution in [0.5, 0.6) is 0 Å². The Bertz CT molecular complexity index is 861. The molecule has 1 aromatic heterocycles. The Hall–Kier alpha value is -2.05. The first-order chi connectivity index (χ1) is 13.4. The van der Waals surface area contributed by atoms with Crippen molar-refractivity contribution >= 4 is 29.7 Å². The van der Waals surface area contributed by atoms with Gasteiger partial charge in [-0.1, -0.05) is 0 Å². The van der Waals surface area contributed by atoms with E-state index in [2.05, 4.69) is 46.2 Å². The fourth-order valence-electron chi connectivity index (χ4n) is 4.59. The number of rotatable bonds is 4. The summed E-state index contributed by atoms with van der Waals surface area (Å²) < 4.78 is 1.72. The van der Waals surface area contributed by atoms with Crippen molar-refractivity contribution in [1.82, 2.24) is 14.7 Å². The molecule has 2 aromatic rings. The Kier molecular flexibility index (Phi) is 6.54. The lowest BCUT2D eigenvalue weighted by Crippen LogP contribution is -2.39. The summed E-state index contributed by atoms with van der Waals surface area (Å²) in [6, 6.07) is 9.54. The standard InChI is InChI=1S/C22H31N5O.ClH/c1-15-12-18(26-11-9-19(14-26)27-10-5-6-16(27)2)7-8-20(15)23-22(28)21-13-17(3)25(4)24-21;/h7-8,12-13,16,19H,5-6,9-11,14H2,1-4H3,(H,23,28);1H/t16-,19-;/m0./s1. The highest BCUT2D eigenvalue weighted by Crippen LogP contribution is 2.30. The van der Waals surface area contributed by atoms with E-state index in [4.69, 9.17) is 0 Å². The normalized spacial score (nSPS) is 22.0. The Labute approximate surface area is 179 Å². The number of anilines is 2. The van der Waals surface area contributed by atoms with Gasteiger partial charge >= 0.3 is 0 Å². The van der Waals surface area contributed by atoms with Crippen LogP contribution in [0.15, 0.2) is 24.3 Å². The molecule has 158 valence electrons. The molecule has 29 heavy (non-hydrogen) atoms. The summed E-state index contributed by atoms with van der Waals surface area (Å²) in [7, 11) is 1.85. The van der Waals surface area contributed by atoms with Crippen LogP contribution in [0.2, 0.25) is 0 Å². The summed E-state index contributed by atoms with van der Waals surface area (Å²) in [4.78, 5) is 17.7. The quantitative estimate of drug-likeness (QED) is 0.822. The van der Waals surface area contributed by atoms with Crippen molar-refractivity contribution in [3.8, 4) is 0 Å². The molecule has 0 unspecified atom stereocenters. The third-order valence-corrected chi connectivity index (χ3v) is 6.41. The summed E-state index contributed by atoms with van der Waals surface area (Å²) in [6.45, 7) is 9.81. The molecule has 0 saturated carbocycles. The van der Waals surface area contributed by atoms with E-state index in [0.29, 0.717) is 11.7 Å². The number of likely N-dealkylation sites (tertiary alicyclic amines) is 1. The van der Waals surface area contributed by atoms with Gasteiger partial charge in [0.05, 0.1) is 0 Å². The van der Waals surface area contributed by atoms with Crippen molar-refractivity contribution in [2.45, 2.75) is 52.1 Å². The monoisotopic (exact) mass is 417 g/mol. The molecule has 1 amide bonds. The van der Waals surface area contributed by atoms with Crippen LogP contribution in [0.3, 0.4) is 0 Å². The maximum absolute atomic E-state index is 12.5. The minimum absolute atomic E-state index is 0. The molecule has 0 radical (unpaired) electrons. The molecule has 2 aliphatic heterocycles.